The van der Waals surface area contributed by atoms with Gasteiger partial charge < -0.3 is 15.4 Å². The lowest BCUT2D eigenvalue weighted by atomic mass is 9.93. The van der Waals surface area contributed by atoms with E-state index >= 15 is 0 Å². The molecule has 0 aromatic heterocycles. The molecule has 0 atom stereocenters. The van der Waals surface area contributed by atoms with E-state index in [9.17, 15) is 18.8 Å². The van der Waals surface area contributed by atoms with Gasteiger partial charge in [0.2, 0.25) is 6.41 Å². The molecule has 3 rings (SSSR count). The van der Waals surface area contributed by atoms with Crippen LogP contribution in [-0.2, 0) is 16.1 Å². The number of rotatable bonds is 4. The third-order valence-corrected chi connectivity index (χ3v) is 3.86. The molecule has 2 amide bonds. The largest absolute Gasteiger partial charge is 0.465 e. The molecule has 0 aliphatic carbocycles. The highest BCUT2D eigenvalue weighted by Gasteiger charge is 2.29. The van der Waals surface area contributed by atoms with Crippen molar-refractivity contribution in [3.63, 3.8) is 0 Å². The van der Waals surface area contributed by atoms with Gasteiger partial charge in [-0.2, -0.15) is 0 Å². The number of fused-ring (bicyclic) bond motifs is 1. The van der Waals surface area contributed by atoms with E-state index in [0.29, 0.717) is 23.2 Å². The summed E-state index contributed by atoms with van der Waals surface area (Å²) < 4.78 is 19.1. The van der Waals surface area contributed by atoms with Crippen molar-refractivity contribution < 1.29 is 23.5 Å². The van der Waals surface area contributed by atoms with Crippen LogP contribution in [0.25, 0.3) is 11.1 Å². The van der Waals surface area contributed by atoms with Crippen LogP contribution in [0.2, 0.25) is 0 Å². The average molecular weight is 328 g/mol. The highest BCUT2D eigenvalue weighted by molar-refractivity contribution is 6.09. The van der Waals surface area contributed by atoms with Gasteiger partial charge in [-0.05, 0) is 35.4 Å². The van der Waals surface area contributed by atoms with Crippen molar-refractivity contribution >= 4 is 24.0 Å². The molecule has 2 aromatic rings. The summed E-state index contributed by atoms with van der Waals surface area (Å²) in [5, 5.41) is 5.01. The standard InChI is InChI=1S/C17H13FN2O4/c1-24-17(23)12-5-4-10(13-7-19-16(22)15(12)13)11-3-2-9(20-8-21)6-14(11)18/h2-6,8H,7H2,1H3,(H,19,22)(H,20,21). The number of benzene rings is 2. The second-order valence-electron chi connectivity index (χ2n) is 5.15. The summed E-state index contributed by atoms with van der Waals surface area (Å²) in [6.07, 6.45) is 0.458. The van der Waals surface area contributed by atoms with Crippen LogP contribution >= 0.6 is 0 Å². The first-order chi connectivity index (χ1) is 11.6. The Morgan fingerprint density at radius 1 is 1.29 bits per heavy atom. The quantitative estimate of drug-likeness (QED) is 0.665. The predicted molar refractivity (Wildman–Crippen MR) is 84.0 cm³/mol. The van der Waals surface area contributed by atoms with Gasteiger partial charge in [-0.3, -0.25) is 9.59 Å². The maximum absolute atomic E-state index is 14.4. The first kappa shape index (κ1) is 15.7. The molecule has 122 valence electrons. The van der Waals surface area contributed by atoms with E-state index in [1.54, 1.807) is 12.1 Å². The molecular formula is C17H13FN2O4. The molecule has 2 N–H and O–H groups in total. The topological polar surface area (TPSA) is 84.5 Å². The second-order valence-corrected chi connectivity index (χ2v) is 5.15. The fourth-order valence-electron chi connectivity index (χ4n) is 2.77. The van der Waals surface area contributed by atoms with Gasteiger partial charge in [0.05, 0.1) is 18.2 Å². The van der Waals surface area contributed by atoms with Crippen LogP contribution in [0, 0.1) is 5.82 Å². The smallest absolute Gasteiger partial charge is 0.338 e. The second kappa shape index (κ2) is 6.11. The van der Waals surface area contributed by atoms with E-state index in [4.69, 9.17) is 0 Å². The van der Waals surface area contributed by atoms with Crippen molar-refractivity contribution in [1.82, 2.24) is 5.32 Å². The minimum atomic E-state index is -0.624. The minimum Gasteiger partial charge on any atom is -0.465 e. The van der Waals surface area contributed by atoms with Gasteiger partial charge in [0.15, 0.2) is 0 Å². The van der Waals surface area contributed by atoms with Crippen molar-refractivity contribution in [2.24, 2.45) is 0 Å². The Morgan fingerprint density at radius 3 is 2.71 bits per heavy atom. The summed E-state index contributed by atoms with van der Waals surface area (Å²) in [6, 6.07) is 7.28. The van der Waals surface area contributed by atoms with Crippen LogP contribution in [0.4, 0.5) is 10.1 Å². The van der Waals surface area contributed by atoms with E-state index in [1.165, 1.54) is 25.3 Å². The summed E-state index contributed by atoms with van der Waals surface area (Å²) in [4.78, 5) is 34.3. The molecule has 2 aromatic carbocycles. The monoisotopic (exact) mass is 328 g/mol. The number of anilines is 1. The average Bonchev–Trinajstić information content (AvgIpc) is 2.96. The molecule has 0 saturated heterocycles. The molecule has 1 aliphatic rings. The number of carbonyl (C=O) groups is 3. The number of amides is 2. The van der Waals surface area contributed by atoms with E-state index in [1.807, 2.05) is 0 Å². The number of carbonyl (C=O) groups excluding carboxylic acids is 3. The highest BCUT2D eigenvalue weighted by Crippen LogP contribution is 2.34. The maximum Gasteiger partial charge on any atom is 0.338 e. The summed E-state index contributed by atoms with van der Waals surface area (Å²) in [5.41, 5.74) is 1.99. The van der Waals surface area contributed by atoms with Gasteiger partial charge in [0.1, 0.15) is 5.82 Å². The minimum absolute atomic E-state index is 0.144. The Bertz CT molecular complexity index is 864. The molecule has 24 heavy (non-hydrogen) atoms. The van der Waals surface area contributed by atoms with E-state index in [0.717, 1.165) is 0 Å². The Morgan fingerprint density at radius 2 is 2.04 bits per heavy atom. The Balaban J connectivity index is 2.15. The zero-order valence-electron chi connectivity index (χ0n) is 12.7. The molecule has 0 fully saturated rings. The fourth-order valence-corrected chi connectivity index (χ4v) is 2.77. The van der Waals surface area contributed by atoms with Crippen molar-refractivity contribution in [2.45, 2.75) is 6.54 Å². The number of halogens is 1. The normalized spacial score (nSPS) is 12.3. The molecule has 0 radical (unpaired) electrons. The molecule has 0 bridgehead atoms. The van der Waals surface area contributed by atoms with Crippen molar-refractivity contribution in [3.05, 3.63) is 52.8 Å². The lowest BCUT2D eigenvalue weighted by Gasteiger charge is -2.12. The first-order valence-electron chi connectivity index (χ1n) is 7.09. The number of hydrogen-bond donors (Lipinski definition) is 2. The number of ether oxygens (including phenoxy) is 1. The molecule has 0 saturated carbocycles. The zero-order chi connectivity index (χ0) is 17.3. The summed E-state index contributed by atoms with van der Waals surface area (Å²) in [7, 11) is 1.23. The van der Waals surface area contributed by atoms with Gasteiger partial charge in [0, 0.05) is 17.8 Å². The highest BCUT2D eigenvalue weighted by atomic mass is 19.1. The van der Waals surface area contributed by atoms with Crippen LogP contribution < -0.4 is 10.6 Å². The summed E-state index contributed by atoms with van der Waals surface area (Å²) in [5.74, 6) is -1.57. The van der Waals surface area contributed by atoms with E-state index in [2.05, 4.69) is 15.4 Å². The van der Waals surface area contributed by atoms with Gasteiger partial charge >= 0.3 is 5.97 Å². The van der Waals surface area contributed by atoms with Crippen LogP contribution in [-0.4, -0.2) is 25.4 Å². The lowest BCUT2D eigenvalue weighted by Crippen LogP contribution is -2.15. The fraction of sp³-hybridized carbons (Fsp3) is 0.118. The summed E-state index contributed by atoms with van der Waals surface area (Å²) >= 11 is 0. The predicted octanol–water partition coefficient (Wildman–Crippen LogP) is 2.09. The molecule has 7 heteroatoms. The lowest BCUT2D eigenvalue weighted by molar-refractivity contribution is -0.105. The SMILES string of the molecule is COC(=O)c1ccc(-c2ccc(NC=O)cc2F)c2c1C(=O)NC2. The van der Waals surface area contributed by atoms with Crippen molar-refractivity contribution in [2.75, 3.05) is 12.4 Å². The Hall–Kier alpha value is -3.22. The number of methoxy groups -OCH3 is 1. The zero-order valence-corrected chi connectivity index (χ0v) is 12.7. The van der Waals surface area contributed by atoms with Crippen LogP contribution in [0.5, 0.6) is 0 Å². The number of nitrogens with one attached hydrogen (secondary N) is 2. The van der Waals surface area contributed by atoms with Gasteiger partial charge in [-0.15, -0.1) is 0 Å². The molecule has 1 aliphatic heterocycles. The number of esters is 1. The van der Waals surface area contributed by atoms with Crippen LogP contribution in [0.3, 0.4) is 0 Å². The molecule has 0 spiro atoms. The Kier molecular flexibility index (Phi) is 3.99. The first-order valence-corrected chi connectivity index (χ1v) is 7.09. The molecule has 6 nitrogen and oxygen atoms in total. The van der Waals surface area contributed by atoms with E-state index < -0.39 is 17.7 Å². The maximum atomic E-state index is 14.4. The number of hydrogen-bond acceptors (Lipinski definition) is 4. The Labute approximate surface area is 136 Å². The van der Waals surface area contributed by atoms with Gasteiger partial charge in [-0.1, -0.05) is 6.07 Å². The van der Waals surface area contributed by atoms with Crippen LogP contribution in [0.15, 0.2) is 30.3 Å². The van der Waals surface area contributed by atoms with E-state index in [-0.39, 0.29) is 23.2 Å². The van der Waals surface area contributed by atoms with Gasteiger partial charge in [-0.25, -0.2) is 9.18 Å². The van der Waals surface area contributed by atoms with Crippen molar-refractivity contribution in [1.29, 1.82) is 0 Å². The van der Waals surface area contributed by atoms with Gasteiger partial charge in [0.25, 0.3) is 5.91 Å². The van der Waals surface area contributed by atoms with Crippen molar-refractivity contribution in [3.8, 4) is 11.1 Å². The third kappa shape index (κ3) is 2.50. The molecule has 0 unspecified atom stereocenters. The van der Waals surface area contributed by atoms with Crippen LogP contribution in [0.1, 0.15) is 26.3 Å². The summed E-state index contributed by atoms with van der Waals surface area (Å²) in [6.45, 7) is 0.197. The molecule has 1 heterocycles. The third-order valence-electron chi connectivity index (χ3n) is 3.86. The molecular weight excluding hydrogens is 315 g/mol.